The van der Waals surface area contributed by atoms with Crippen molar-refractivity contribution in [2.45, 2.75) is 63.9 Å². The number of anilines is 2. The Morgan fingerprint density at radius 3 is 1.57 bits per heavy atom. The van der Waals surface area contributed by atoms with Crippen molar-refractivity contribution in [2.24, 2.45) is 0 Å². The number of aryl methyl sites for hydroxylation is 2. The van der Waals surface area contributed by atoms with Crippen molar-refractivity contribution in [1.82, 2.24) is 28.7 Å². The van der Waals surface area contributed by atoms with Gasteiger partial charge in [-0.05, 0) is 67.9 Å². The molecule has 1 fully saturated rings. The van der Waals surface area contributed by atoms with E-state index in [-0.39, 0.29) is 53.1 Å². The molecule has 7 rings (SSSR count). The molecule has 6 aromatic rings. The number of aliphatic hydroxyl groups is 2. The number of halogens is 6. The zero-order chi connectivity index (χ0) is 47.1. The number of rotatable bonds is 13. The second-order valence-electron chi connectivity index (χ2n) is 15.0. The Hall–Kier alpha value is -7.00. The number of carboxylic acid groups (broad SMARTS) is 1. The van der Waals surface area contributed by atoms with Crippen LogP contribution in [0.5, 0.6) is 0 Å². The lowest BCUT2D eigenvalue weighted by molar-refractivity contribution is -0.132. The number of alkyl halides is 6. The molecule has 65 heavy (non-hydrogen) atoms. The SMILES string of the molecule is COC1(CC(=O)c2ccc(-c3cnc4c(NCCC(F)(F)F)nc(C#CCO)cn34)cc2C)CC1.Cc1cc(-c2cnc3c(NCCC(F)(F)F)nc(C#CCO)cn23)ccc1C(=O)O. The summed E-state index contributed by atoms with van der Waals surface area (Å²) in [5.41, 5.74) is 5.60. The van der Waals surface area contributed by atoms with Crippen molar-refractivity contribution in [3.63, 3.8) is 0 Å². The quantitative estimate of drug-likeness (QED) is 0.0444. The number of carboxylic acids is 1. The molecule has 0 amide bonds. The van der Waals surface area contributed by atoms with Crippen LogP contribution < -0.4 is 10.6 Å². The first-order valence-corrected chi connectivity index (χ1v) is 19.9. The molecule has 340 valence electrons. The highest BCUT2D eigenvalue weighted by atomic mass is 19.4. The average Bonchev–Trinajstić information content (AvgIpc) is 3.66. The third-order valence-electron chi connectivity index (χ3n) is 10.3. The Bertz CT molecular complexity index is 2860. The third kappa shape index (κ3) is 12.0. The highest BCUT2D eigenvalue weighted by molar-refractivity contribution is 5.99. The minimum absolute atomic E-state index is 0.0217. The van der Waals surface area contributed by atoms with Crippen LogP contribution in [0.1, 0.15) is 75.3 Å². The Morgan fingerprint density at radius 1 is 0.754 bits per heavy atom. The molecule has 0 saturated heterocycles. The van der Waals surface area contributed by atoms with Crippen molar-refractivity contribution >= 4 is 34.7 Å². The molecule has 0 spiro atoms. The summed E-state index contributed by atoms with van der Waals surface area (Å²) in [6, 6.07) is 10.2. The second-order valence-corrected chi connectivity index (χ2v) is 15.0. The number of imidazole rings is 2. The highest BCUT2D eigenvalue weighted by Crippen LogP contribution is 2.43. The van der Waals surface area contributed by atoms with Gasteiger partial charge < -0.3 is 30.7 Å². The van der Waals surface area contributed by atoms with E-state index in [4.69, 9.17) is 14.9 Å². The zero-order valence-corrected chi connectivity index (χ0v) is 35.2. The average molecular weight is 905 g/mol. The molecule has 0 atom stereocenters. The van der Waals surface area contributed by atoms with Crippen LogP contribution in [0.25, 0.3) is 33.8 Å². The number of carbonyl (C=O) groups is 2. The molecule has 1 saturated carbocycles. The Labute approximate surface area is 367 Å². The normalized spacial score (nSPS) is 13.0. The summed E-state index contributed by atoms with van der Waals surface area (Å²) in [7, 11) is 1.63. The van der Waals surface area contributed by atoms with Crippen molar-refractivity contribution in [3.05, 3.63) is 94.8 Å². The van der Waals surface area contributed by atoms with Gasteiger partial charge in [-0.1, -0.05) is 30.0 Å². The van der Waals surface area contributed by atoms with Gasteiger partial charge in [0, 0.05) is 55.7 Å². The predicted molar refractivity (Wildman–Crippen MR) is 227 cm³/mol. The van der Waals surface area contributed by atoms with E-state index in [0.29, 0.717) is 45.8 Å². The summed E-state index contributed by atoms with van der Waals surface area (Å²) in [5.74, 6) is 9.54. The first kappa shape index (κ1) is 47.5. The number of aromatic nitrogens is 6. The van der Waals surface area contributed by atoms with Gasteiger partial charge in [-0.2, -0.15) is 26.3 Å². The van der Waals surface area contributed by atoms with Crippen LogP contribution in [0.15, 0.2) is 61.2 Å². The summed E-state index contributed by atoms with van der Waals surface area (Å²) in [4.78, 5) is 41.1. The summed E-state index contributed by atoms with van der Waals surface area (Å²) < 4.78 is 84.1. The van der Waals surface area contributed by atoms with Gasteiger partial charge in [-0.25, -0.2) is 24.7 Å². The molecule has 1 aliphatic rings. The van der Waals surface area contributed by atoms with E-state index in [1.165, 1.54) is 12.3 Å². The number of carbonyl (C=O) groups excluding carboxylic acids is 1. The van der Waals surface area contributed by atoms with Crippen LogP contribution in [-0.2, 0) is 4.74 Å². The smallest absolute Gasteiger partial charge is 0.390 e. The molecule has 2 aromatic carbocycles. The van der Waals surface area contributed by atoms with Gasteiger partial charge in [0.2, 0.25) is 0 Å². The summed E-state index contributed by atoms with van der Waals surface area (Å²) in [5, 5.41) is 32.5. The van der Waals surface area contributed by atoms with Crippen LogP contribution in [0.4, 0.5) is 38.0 Å². The lowest BCUT2D eigenvalue weighted by Crippen LogP contribution is -2.18. The number of methoxy groups -OCH3 is 1. The molecular weight excluding hydrogens is 863 g/mol. The number of hydrogen-bond donors (Lipinski definition) is 5. The fraction of sp³-hybridized carbons (Fsp3) is 0.333. The maximum Gasteiger partial charge on any atom is 0.390 e. The van der Waals surface area contributed by atoms with E-state index < -0.39 is 44.3 Å². The van der Waals surface area contributed by atoms with Crippen molar-refractivity contribution in [2.75, 3.05) is 44.0 Å². The monoisotopic (exact) mass is 904 g/mol. The Kier molecular flexibility index (Phi) is 14.5. The number of Topliss-reactive ketones (excluding diaryl/α,β-unsaturated/α-hetero) is 1. The number of fused-ring (bicyclic) bond motifs is 2. The van der Waals surface area contributed by atoms with Gasteiger partial charge in [0.05, 0.1) is 47.8 Å². The van der Waals surface area contributed by atoms with Crippen LogP contribution in [0, 0.1) is 37.5 Å². The summed E-state index contributed by atoms with van der Waals surface area (Å²) in [6.07, 6.45) is -2.33. The number of aromatic carboxylic acids is 1. The molecular formula is C45H42F6N8O6. The van der Waals surface area contributed by atoms with Crippen molar-refractivity contribution in [3.8, 4) is 46.2 Å². The number of benzene rings is 2. The Balaban J connectivity index is 0.000000218. The van der Waals surface area contributed by atoms with Crippen LogP contribution in [-0.4, -0.2) is 107 Å². The first-order chi connectivity index (χ1) is 30.8. The van der Waals surface area contributed by atoms with Gasteiger partial charge in [0.15, 0.2) is 28.7 Å². The number of aliphatic hydroxyl groups excluding tert-OH is 2. The molecule has 4 heterocycles. The maximum absolute atomic E-state index is 12.8. The predicted octanol–water partition coefficient (Wildman–Crippen LogP) is 7.28. The van der Waals surface area contributed by atoms with Gasteiger partial charge in [-0.3, -0.25) is 13.6 Å². The van der Waals surface area contributed by atoms with E-state index in [1.807, 2.05) is 19.1 Å². The van der Waals surface area contributed by atoms with E-state index in [2.05, 4.69) is 54.3 Å². The van der Waals surface area contributed by atoms with Crippen molar-refractivity contribution < 1.29 is 56.0 Å². The molecule has 14 nitrogen and oxygen atoms in total. The van der Waals surface area contributed by atoms with E-state index in [1.54, 1.807) is 59.6 Å². The minimum Gasteiger partial charge on any atom is -0.478 e. The van der Waals surface area contributed by atoms with E-state index in [9.17, 15) is 41.0 Å². The number of ether oxygens (including phenoxy) is 1. The van der Waals surface area contributed by atoms with E-state index >= 15 is 0 Å². The lowest BCUT2D eigenvalue weighted by Gasteiger charge is -2.14. The van der Waals surface area contributed by atoms with Crippen molar-refractivity contribution in [1.29, 1.82) is 0 Å². The number of nitrogens with zero attached hydrogens (tertiary/aromatic N) is 6. The van der Waals surface area contributed by atoms with Crippen LogP contribution >= 0.6 is 0 Å². The van der Waals surface area contributed by atoms with E-state index in [0.717, 1.165) is 24.0 Å². The fourth-order valence-corrected chi connectivity index (χ4v) is 6.85. The van der Waals surface area contributed by atoms with Gasteiger partial charge in [-0.15, -0.1) is 0 Å². The van der Waals surface area contributed by atoms with Crippen LogP contribution in [0.2, 0.25) is 0 Å². The number of hydrogen-bond acceptors (Lipinski definition) is 11. The number of ketones is 1. The maximum atomic E-state index is 12.8. The molecule has 20 heteroatoms. The standard InChI is InChI=1S/C25H25F3N4O3.C20H17F3N4O3/c1-16-12-17(5-6-19(16)21(34)13-24(35-2)7-8-24)20-14-30-23-22(29-10-9-25(26,27)28)31-18(4-3-11-33)15-32(20)23;1-12-9-13(4-5-15(12)19(29)30)16-10-25-18-17(24-7-6-20(21,22)23)26-14(3-2-8-28)11-27(16)18/h5-6,12,14-15,33H,7-11,13H2,1-2H3,(H,29,31);4-5,9-11,28H,6-8H2,1H3,(H,24,26)(H,29,30). The van der Waals surface area contributed by atoms with Crippen LogP contribution in [0.3, 0.4) is 0 Å². The number of nitrogens with one attached hydrogen (secondary N) is 2. The Morgan fingerprint density at radius 2 is 1.20 bits per heavy atom. The molecule has 0 unspecified atom stereocenters. The molecule has 0 aliphatic heterocycles. The summed E-state index contributed by atoms with van der Waals surface area (Å²) >= 11 is 0. The van der Waals surface area contributed by atoms with Gasteiger partial charge >= 0.3 is 18.3 Å². The molecule has 0 radical (unpaired) electrons. The van der Waals surface area contributed by atoms with Gasteiger partial charge in [0.25, 0.3) is 0 Å². The molecule has 1 aliphatic carbocycles. The minimum atomic E-state index is -4.32. The molecule has 0 bridgehead atoms. The highest BCUT2D eigenvalue weighted by Gasteiger charge is 2.45. The third-order valence-corrected chi connectivity index (χ3v) is 10.3. The molecule has 5 N–H and O–H groups in total. The topological polar surface area (TPSA) is 188 Å². The zero-order valence-electron chi connectivity index (χ0n) is 35.2. The first-order valence-electron chi connectivity index (χ1n) is 19.9. The van der Waals surface area contributed by atoms with Gasteiger partial charge in [0.1, 0.15) is 24.6 Å². The second kappa shape index (κ2) is 19.8. The largest absolute Gasteiger partial charge is 0.478 e. The fourth-order valence-electron chi connectivity index (χ4n) is 6.85. The molecule has 4 aromatic heterocycles. The lowest BCUT2D eigenvalue weighted by atomic mass is 9.97. The summed E-state index contributed by atoms with van der Waals surface area (Å²) in [6.45, 7) is 1.98.